The maximum Gasteiger partial charge on any atom is 0.308 e. The summed E-state index contributed by atoms with van der Waals surface area (Å²) in [5.41, 5.74) is 0. The number of carbonyl (C=O) groups is 2. The minimum Gasteiger partial charge on any atom is -0.469 e. The van der Waals surface area contributed by atoms with Crippen LogP contribution in [0.25, 0.3) is 0 Å². The number of amides is 1. The van der Waals surface area contributed by atoms with Gasteiger partial charge in [-0.1, -0.05) is 6.92 Å². The van der Waals surface area contributed by atoms with Crippen LogP contribution >= 0.6 is 0 Å². The molecule has 1 unspecified atom stereocenters. The Hall–Kier alpha value is -1.14. The van der Waals surface area contributed by atoms with Crippen LogP contribution in [0.3, 0.4) is 0 Å². The summed E-state index contributed by atoms with van der Waals surface area (Å²) < 4.78 is 15.2. The highest BCUT2D eigenvalue weighted by Gasteiger charge is 2.26. The van der Waals surface area contributed by atoms with Crippen molar-refractivity contribution in [2.45, 2.75) is 25.9 Å². The molecule has 1 fully saturated rings. The fourth-order valence-corrected chi connectivity index (χ4v) is 1.73. The Bertz CT molecular complexity index is 282. The van der Waals surface area contributed by atoms with E-state index in [1.807, 2.05) is 6.92 Å². The van der Waals surface area contributed by atoms with Crippen LogP contribution in [0.15, 0.2) is 0 Å². The largest absolute Gasteiger partial charge is 0.469 e. The number of carbonyl (C=O) groups excluding carboxylic acids is 2. The number of ether oxygens (including phenoxy) is 3. The SMILES string of the molecule is CCCOCC(=O)N1CCOC(CC(=O)OC)C1. The fourth-order valence-electron chi connectivity index (χ4n) is 1.73. The first-order chi connectivity index (χ1) is 8.67. The van der Waals surface area contributed by atoms with E-state index in [0.717, 1.165) is 6.42 Å². The lowest BCUT2D eigenvalue weighted by atomic mass is 10.2. The molecule has 6 heteroatoms. The summed E-state index contributed by atoms with van der Waals surface area (Å²) in [6.45, 7) is 4.09. The third kappa shape index (κ3) is 5.01. The van der Waals surface area contributed by atoms with E-state index in [1.165, 1.54) is 7.11 Å². The Balaban J connectivity index is 2.33. The number of hydrogen-bond donors (Lipinski definition) is 0. The molecule has 1 saturated heterocycles. The molecule has 1 aliphatic rings. The standard InChI is InChI=1S/C12H21NO5/c1-3-5-17-9-11(14)13-4-6-18-10(8-13)7-12(15)16-2/h10H,3-9H2,1-2H3. The maximum absolute atomic E-state index is 11.8. The third-order valence-electron chi connectivity index (χ3n) is 2.69. The molecular formula is C12H21NO5. The van der Waals surface area contributed by atoms with Gasteiger partial charge in [-0.2, -0.15) is 0 Å². The van der Waals surface area contributed by atoms with Crippen molar-refractivity contribution in [1.29, 1.82) is 0 Å². The van der Waals surface area contributed by atoms with E-state index in [-0.39, 0.29) is 31.0 Å². The number of esters is 1. The molecule has 1 heterocycles. The molecule has 1 aliphatic heterocycles. The van der Waals surface area contributed by atoms with Gasteiger partial charge in [0.15, 0.2) is 0 Å². The molecule has 18 heavy (non-hydrogen) atoms. The van der Waals surface area contributed by atoms with Gasteiger partial charge in [0.2, 0.25) is 5.91 Å². The molecular weight excluding hydrogens is 238 g/mol. The van der Waals surface area contributed by atoms with Crippen molar-refractivity contribution in [3.05, 3.63) is 0 Å². The van der Waals surface area contributed by atoms with Gasteiger partial charge in [0.1, 0.15) is 6.61 Å². The predicted molar refractivity (Wildman–Crippen MR) is 64.1 cm³/mol. The van der Waals surface area contributed by atoms with Gasteiger partial charge < -0.3 is 19.1 Å². The minimum atomic E-state index is -0.323. The van der Waals surface area contributed by atoms with Crippen LogP contribution in [0.4, 0.5) is 0 Å². The summed E-state index contributed by atoms with van der Waals surface area (Å²) >= 11 is 0. The second-order valence-electron chi connectivity index (χ2n) is 4.17. The second kappa shape index (κ2) is 8.05. The van der Waals surface area contributed by atoms with Gasteiger partial charge in [-0.05, 0) is 6.42 Å². The Morgan fingerprint density at radius 2 is 2.22 bits per heavy atom. The Labute approximate surface area is 107 Å². The van der Waals surface area contributed by atoms with Crippen molar-refractivity contribution in [3.63, 3.8) is 0 Å². The topological polar surface area (TPSA) is 65.1 Å². The average molecular weight is 259 g/mol. The maximum atomic E-state index is 11.8. The highest BCUT2D eigenvalue weighted by atomic mass is 16.5. The van der Waals surface area contributed by atoms with Gasteiger partial charge in [0, 0.05) is 19.7 Å². The summed E-state index contributed by atoms with van der Waals surface area (Å²) in [4.78, 5) is 24.6. The van der Waals surface area contributed by atoms with Gasteiger partial charge in [0.05, 0.1) is 26.2 Å². The summed E-state index contributed by atoms with van der Waals surface area (Å²) in [6, 6.07) is 0. The van der Waals surface area contributed by atoms with Gasteiger partial charge in [-0.15, -0.1) is 0 Å². The van der Waals surface area contributed by atoms with E-state index in [4.69, 9.17) is 9.47 Å². The van der Waals surface area contributed by atoms with Gasteiger partial charge in [-0.25, -0.2) is 0 Å². The number of hydrogen-bond acceptors (Lipinski definition) is 5. The molecule has 104 valence electrons. The summed E-state index contributed by atoms with van der Waals surface area (Å²) in [7, 11) is 1.34. The summed E-state index contributed by atoms with van der Waals surface area (Å²) in [5.74, 6) is -0.377. The lowest BCUT2D eigenvalue weighted by Crippen LogP contribution is -2.47. The normalized spacial score (nSPS) is 19.7. The van der Waals surface area contributed by atoms with Crippen molar-refractivity contribution >= 4 is 11.9 Å². The Kier molecular flexibility index (Phi) is 6.67. The lowest BCUT2D eigenvalue weighted by Gasteiger charge is -2.32. The molecule has 0 radical (unpaired) electrons. The van der Waals surface area contributed by atoms with Crippen LogP contribution in [0.2, 0.25) is 0 Å². The fraction of sp³-hybridized carbons (Fsp3) is 0.833. The van der Waals surface area contributed by atoms with Crippen LogP contribution < -0.4 is 0 Å². The first-order valence-corrected chi connectivity index (χ1v) is 6.21. The molecule has 0 aromatic rings. The predicted octanol–water partition coefficient (Wildman–Crippen LogP) is 0.204. The lowest BCUT2D eigenvalue weighted by molar-refractivity contribution is -0.151. The second-order valence-corrected chi connectivity index (χ2v) is 4.17. The first kappa shape index (κ1) is 14.9. The molecule has 1 amide bonds. The van der Waals surface area contributed by atoms with E-state index in [1.54, 1.807) is 4.90 Å². The Morgan fingerprint density at radius 3 is 2.89 bits per heavy atom. The highest BCUT2D eigenvalue weighted by molar-refractivity contribution is 5.77. The molecule has 0 aromatic heterocycles. The van der Waals surface area contributed by atoms with E-state index >= 15 is 0 Å². The van der Waals surface area contributed by atoms with E-state index in [2.05, 4.69) is 4.74 Å². The smallest absolute Gasteiger partial charge is 0.308 e. The average Bonchev–Trinajstić information content (AvgIpc) is 2.39. The van der Waals surface area contributed by atoms with Crippen LogP contribution in [0.5, 0.6) is 0 Å². The van der Waals surface area contributed by atoms with Crippen LogP contribution in [0.1, 0.15) is 19.8 Å². The van der Waals surface area contributed by atoms with Gasteiger partial charge in [0.25, 0.3) is 0 Å². The highest BCUT2D eigenvalue weighted by Crippen LogP contribution is 2.09. The number of methoxy groups -OCH3 is 1. The van der Waals surface area contributed by atoms with Crippen LogP contribution in [0, 0.1) is 0 Å². The molecule has 0 N–H and O–H groups in total. The van der Waals surface area contributed by atoms with Crippen molar-refractivity contribution in [3.8, 4) is 0 Å². The number of rotatable bonds is 6. The van der Waals surface area contributed by atoms with Crippen molar-refractivity contribution < 1.29 is 23.8 Å². The third-order valence-corrected chi connectivity index (χ3v) is 2.69. The summed E-state index contributed by atoms with van der Waals surface area (Å²) in [5, 5.41) is 0. The first-order valence-electron chi connectivity index (χ1n) is 6.21. The molecule has 0 aliphatic carbocycles. The zero-order valence-corrected chi connectivity index (χ0v) is 11.0. The molecule has 0 bridgehead atoms. The molecule has 0 aromatic carbocycles. The van der Waals surface area contributed by atoms with Crippen molar-refractivity contribution in [1.82, 2.24) is 4.90 Å². The zero-order valence-electron chi connectivity index (χ0n) is 11.0. The van der Waals surface area contributed by atoms with Gasteiger partial charge in [-0.3, -0.25) is 9.59 Å². The van der Waals surface area contributed by atoms with E-state index in [9.17, 15) is 9.59 Å². The van der Waals surface area contributed by atoms with Crippen molar-refractivity contribution in [2.24, 2.45) is 0 Å². The molecule has 1 rings (SSSR count). The number of morpholine rings is 1. The zero-order chi connectivity index (χ0) is 13.4. The van der Waals surface area contributed by atoms with Crippen LogP contribution in [-0.2, 0) is 23.8 Å². The monoisotopic (exact) mass is 259 g/mol. The van der Waals surface area contributed by atoms with E-state index < -0.39 is 0 Å². The Morgan fingerprint density at radius 1 is 1.44 bits per heavy atom. The van der Waals surface area contributed by atoms with Gasteiger partial charge >= 0.3 is 5.97 Å². The quantitative estimate of drug-likeness (QED) is 0.504. The van der Waals surface area contributed by atoms with Crippen molar-refractivity contribution in [2.75, 3.05) is 40.0 Å². The number of nitrogens with zero attached hydrogens (tertiary/aromatic N) is 1. The van der Waals surface area contributed by atoms with Crippen LogP contribution in [-0.4, -0.2) is 62.9 Å². The molecule has 0 saturated carbocycles. The van der Waals surface area contributed by atoms with E-state index in [0.29, 0.717) is 26.3 Å². The summed E-state index contributed by atoms with van der Waals surface area (Å²) in [6.07, 6.45) is 0.790. The molecule has 1 atom stereocenters. The molecule has 0 spiro atoms. The molecule has 6 nitrogen and oxygen atoms in total. The minimum absolute atomic E-state index is 0.0541.